The number of carbonyl (C=O) groups excluding carboxylic acids is 1. The van der Waals surface area contributed by atoms with Gasteiger partial charge in [-0.1, -0.05) is 59.8 Å². The fourth-order valence-electron chi connectivity index (χ4n) is 2.93. The molecule has 0 saturated heterocycles. The van der Waals surface area contributed by atoms with Crippen molar-refractivity contribution in [2.45, 2.75) is 11.9 Å². The van der Waals surface area contributed by atoms with Crippen molar-refractivity contribution in [3.63, 3.8) is 0 Å². The van der Waals surface area contributed by atoms with Crippen LogP contribution in [0.15, 0.2) is 53.6 Å². The maximum atomic E-state index is 12.6. The first-order valence-corrected chi connectivity index (χ1v) is 9.93. The number of anilines is 1. The molecule has 0 atom stereocenters. The van der Waals surface area contributed by atoms with Gasteiger partial charge >= 0.3 is 0 Å². The number of ketones is 1. The van der Waals surface area contributed by atoms with Crippen LogP contribution in [0.3, 0.4) is 0 Å². The van der Waals surface area contributed by atoms with E-state index in [4.69, 9.17) is 17.3 Å². The minimum atomic E-state index is -0.0778. The van der Waals surface area contributed by atoms with Gasteiger partial charge in [0.25, 0.3) is 0 Å². The molecule has 142 valence electrons. The number of halogens is 1. The molecule has 0 fully saturated rings. The molecule has 0 aliphatic carbocycles. The molecular weight excluding hydrogens is 404 g/mol. The van der Waals surface area contributed by atoms with E-state index in [1.165, 1.54) is 0 Å². The summed E-state index contributed by atoms with van der Waals surface area (Å²) in [7, 11) is 0. The number of hydrogen-bond donors (Lipinski definition) is 1. The number of nitrogens with two attached hydrogens (primary N) is 1. The summed E-state index contributed by atoms with van der Waals surface area (Å²) in [6.45, 7) is 1.87. The van der Waals surface area contributed by atoms with E-state index in [2.05, 4.69) is 11.1 Å². The lowest BCUT2D eigenvalue weighted by Crippen LogP contribution is -2.07. The smallest absolute Gasteiger partial charge is 0.173 e. The SMILES string of the molecule is Cc1ccccc1C(=O)CSc1nc(N)c(C#N)c(-c2cccc(Cl)c2)c1C#N. The second-order valence-electron chi connectivity index (χ2n) is 6.19. The Morgan fingerprint density at radius 3 is 2.52 bits per heavy atom. The number of nitrogens with zero attached hydrogens (tertiary/aromatic N) is 3. The highest BCUT2D eigenvalue weighted by Crippen LogP contribution is 2.36. The third kappa shape index (κ3) is 4.25. The van der Waals surface area contributed by atoms with Gasteiger partial charge in [0, 0.05) is 16.1 Å². The second kappa shape index (κ2) is 8.79. The molecule has 2 N–H and O–H groups in total. The van der Waals surface area contributed by atoms with E-state index in [0.717, 1.165) is 17.3 Å². The van der Waals surface area contributed by atoms with Crippen molar-refractivity contribution in [2.24, 2.45) is 0 Å². The number of pyridine rings is 1. The van der Waals surface area contributed by atoms with Gasteiger partial charge < -0.3 is 5.73 Å². The van der Waals surface area contributed by atoms with Crippen molar-refractivity contribution in [3.05, 3.63) is 75.8 Å². The number of aromatic nitrogens is 1. The van der Waals surface area contributed by atoms with Gasteiger partial charge in [-0.05, 0) is 30.2 Å². The van der Waals surface area contributed by atoms with Crippen molar-refractivity contribution >= 4 is 35.0 Å². The fraction of sp³-hybridized carbons (Fsp3) is 0.0909. The van der Waals surface area contributed by atoms with Gasteiger partial charge in [-0.15, -0.1) is 0 Å². The third-order valence-electron chi connectivity index (χ3n) is 4.31. The fourth-order valence-corrected chi connectivity index (χ4v) is 4.00. The van der Waals surface area contributed by atoms with E-state index in [1.54, 1.807) is 36.4 Å². The summed E-state index contributed by atoms with van der Waals surface area (Å²) in [4.78, 5) is 16.8. The first-order valence-electron chi connectivity index (χ1n) is 8.57. The summed E-state index contributed by atoms with van der Waals surface area (Å²) < 4.78 is 0. The number of hydrogen-bond acceptors (Lipinski definition) is 6. The highest BCUT2D eigenvalue weighted by molar-refractivity contribution is 8.00. The van der Waals surface area contributed by atoms with Crippen LogP contribution in [0.1, 0.15) is 27.0 Å². The zero-order valence-corrected chi connectivity index (χ0v) is 17.0. The maximum absolute atomic E-state index is 12.6. The summed E-state index contributed by atoms with van der Waals surface area (Å²) in [5.41, 5.74) is 8.77. The Morgan fingerprint density at radius 1 is 1.14 bits per heavy atom. The largest absolute Gasteiger partial charge is 0.383 e. The number of nitriles is 2. The molecule has 0 aliphatic rings. The van der Waals surface area contributed by atoms with Crippen LogP contribution >= 0.6 is 23.4 Å². The summed E-state index contributed by atoms with van der Waals surface area (Å²) in [6, 6.07) is 18.3. The molecule has 0 spiro atoms. The molecule has 0 radical (unpaired) electrons. The highest BCUT2D eigenvalue weighted by atomic mass is 35.5. The van der Waals surface area contributed by atoms with Crippen LogP contribution in [0.4, 0.5) is 5.82 Å². The Morgan fingerprint density at radius 2 is 1.86 bits per heavy atom. The molecule has 29 heavy (non-hydrogen) atoms. The quantitative estimate of drug-likeness (QED) is 0.461. The molecule has 5 nitrogen and oxygen atoms in total. The second-order valence-corrected chi connectivity index (χ2v) is 7.59. The number of benzene rings is 2. The molecule has 0 saturated carbocycles. The van der Waals surface area contributed by atoms with Crippen LogP contribution in [0.25, 0.3) is 11.1 Å². The van der Waals surface area contributed by atoms with Gasteiger partial charge in [-0.25, -0.2) is 4.98 Å². The molecule has 7 heteroatoms. The van der Waals surface area contributed by atoms with E-state index in [-0.39, 0.29) is 28.5 Å². The van der Waals surface area contributed by atoms with Crippen LogP contribution in [0.5, 0.6) is 0 Å². The minimum absolute atomic E-state index is 0.00677. The first kappa shape index (κ1) is 20.4. The normalized spacial score (nSPS) is 10.2. The lowest BCUT2D eigenvalue weighted by atomic mass is 9.97. The van der Waals surface area contributed by atoms with Crippen molar-refractivity contribution in [2.75, 3.05) is 11.5 Å². The predicted molar refractivity (Wildman–Crippen MR) is 115 cm³/mol. The lowest BCUT2D eigenvalue weighted by Gasteiger charge is -2.13. The van der Waals surface area contributed by atoms with Crippen LogP contribution in [-0.2, 0) is 0 Å². The average molecular weight is 419 g/mol. The highest BCUT2D eigenvalue weighted by Gasteiger charge is 2.21. The molecule has 2 aromatic carbocycles. The Bertz CT molecular complexity index is 1190. The summed E-state index contributed by atoms with van der Waals surface area (Å²) in [6.07, 6.45) is 0. The van der Waals surface area contributed by atoms with Crippen LogP contribution in [0.2, 0.25) is 5.02 Å². The van der Waals surface area contributed by atoms with Crippen LogP contribution in [0, 0.1) is 29.6 Å². The van der Waals surface area contributed by atoms with Crippen molar-refractivity contribution < 1.29 is 4.79 Å². The van der Waals surface area contributed by atoms with Crippen molar-refractivity contribution in [1.29, 1.82) is 10.5 Å². The van der Waals surface area contributed by atoms with E-state index in [0.29, 0.717) is 26.7 Å². The van der Waals surface area contributed by atoms with Gasteiger partial charge in [0.05, 0.1) is 11.3 Å². The van der Waals surface area contributed by atoms with E-state index < -0.39 is 0 Å². The molecule has 3 aromatic rings. The van der Waals surface area contributed by atoms with E-state index >= 15 is 0 Å². The Hall–Kier alpha value is -3.32. The molecule has 1 heterocycles. The van der Waals surface area contributed by atoms with E-state index in [1.807, 2.05) is 25.1 Å². The Balaban J connectivity index is 2.04. The predicted octanol–water partition coefficient (Wildman–Crippen LogP) is 5.01. The Labute approximate surface area is 177 Å². The van der Waals surface area contributed by atoms with Crippen molar-refractivity contribution in [1.82, 2.24) is 4.98 Å². The average Bonchev–Trinajstić information content (AvgIpc) is 2.71. The summed E-state index contributed by atoms with van der Waals surface area (Å²) >= 11 is 7.21. The molecule has 0 unspecified atom stereocenters. The topological polar surface area (TPSA) is 104 Å². The summed E-state index contributed by atoms with van der Waals surface area (Å²) in [5.74, 6) is 0.0192. The van der Waals surface area contributed by atoms with Gasteiger partial charge in [-0.2, -0.15) is 10.5 Å². The molecule has 0 amide bonds. The number of nitrogen functional groups attached to an aromatic ring is 1. The molecule has 0 bridgehead atoms. The number of rotatable bonds is 5. The number of carbonyl (C=O) groups is 1. The third-order valence-corrected chi connectivity index (χ3v) is 5.52. The number of thioether (sulfide) groups is 1. The standard InChI is InChI=1S/C22H15ClN4OS/c1-13-5-2-3-8-16(13)19(28)12-29-22-18(11-25)20(17(10-24)21(26)27-22)14-6-4-7-15(23)9-14/h2-9H,12H2,1H3,(H2,26,27). The van der Waals surface area contributed by atoms with Crippen molar-refractivity contribution in [3.8, 4) is 23.3 Å². The van der Waals surface area contributed by atoms with Gasteiger partial charge in [0.1, 0.15) is 28.5 Å². The number of aryl methyl sites for hydroxylation is 1. The van der Waals surface area contributed by atoms with E-state index in [9.17, 15) is 15.3 Å². The van der Waals surface area contributed by atoms with Crippen LogP contribution in [-0.4, -0.2) is 16.5 Å². The molecule has 0 aliphatic heterocycles. The monoisotopic (exact) mass is 418 g/mol. The summed E-state index contributed by atoms with van der Waals surface area (Å²) in [5, 5.41) is 20.1. The molecule has 1 aromatic heterocycles. The molecular formula is C22H15ClN4OS. The molecule has 3 rings (SSSR count). The van der Waals surface area contributed by atoms with Crippen LogP contribution < -0.4 is 5.73 Å². The van der Waals surface area contributed by atoms with Gasteiger partial charge in [0.2, 0.25) is 0 Å². The maximum Gasteiger partial charge on any atom is 0.173 e. The zero-order valence-electron chi connectivity index (χ0n) is 15.4. The first-order chi connectivity index (χ1) is 14.0. The lowest BCUT2D eigenvalue weighted by molar-refractivity contribution is 0.102. The number of Topliss-reactive ketones (excluding diaryl/α,β-unsaturated/α-hetero) is 1. The minimum Gasteiger partial charge on any atom is -0.383 e. The van der Waals surface area contributed by atoms with Gasteiger partial charge in [0.15, 0.2) is 5.78 Å². The van der Waals surface area contributed by atoms with Gasteiger partial charge in [-0.3, -0.25) is 4.79 Å². The Kier molecular flexibility index (Phi) is 6.19. The zero-order chi connectivity index (χ0) is 21.0.